The van der Waals surface area contributed by atoms with Gasteiger partial charge in [-0.3, -0.25) is 4.79 Å². The molecule has 0 aromatic heterocycles. The number of nitrogens with zero attached hydrogens (tertiary/aromatic N) is 1. The van der Waals surface area contributed by atoms with Gasteiger partial charge in [-0.05, 0) is 42.8 Å². The van der Waals surface area contributed by atoms with Crippen LogP contribution < -0.4 is 5.32 Å². The molecular formula is C19H22ClFN2O3S. The van der Waals surface area contributed by atoms with E-state index >= 15 is 0 Å². The summed E-state index contributed by atoms with van der Waals surface area (Å²) in [5.74, 6) is -1.49. The van der Waals surface area contributed by atoms with Gasteiger partial charge in [0.1, 0.15) is 5.82 Å². The van der Waals surface area contributed by atoms with Crippen LogP contribution in [0.4, 0.5) is 4.39 Å². The molecule has 0 saturated carbocycles. The van der Waals surface area contributed by atoms with Gasteiger partial charge in [-0.15, -0.1) is 0 Å². The zero-order chi connectivity index (χ0) is 20.2. The number of carbonyl (C=O) groups excluding carboxylic acids is 1. The van der Waals surface area contributed by atoms with Crippen molar-refractivity contribution >= 4 is 27.5 Å². The van der Waals surface area contributed by atoms with E-state index in [9.17, 15) is 17.6 Å². The number of hydrogen-bond donors (Lipinski definition) is 1. The van der Waals surface area contributed by atoms with Crippen LogP contribution >= 0.6 is 11.6 Å². The molecule has 0 saturated heterocycles. The summed E-state index contributed by atoms with van der Waals surface area (Å²) in [6, 6.07) is 9.74. The third-order valence-electron chi connectivity index (χ3n) is 4.22. The molecule has 0 spiro atoms. The highest BCUT2D eigenvalue weighted by atomic mass is 35.5. The number of sulfonamides is 1. The van der Waals surface area contributed by atoms with Gasteiger partial charge >= 0.3 is 0 Å². The second-order valence-corrected chi connectivity index (χ2v) is 8.36. The summed E-state index contributed by atoms with van der Waals surface area (Å²) in [5.41, 5.74) is 0.431. The number of amides is 1. The summed E-state index contributed by atoms with van der Waals surface area (Å²) in [7, 11) is -3.79. The van der Waals surface area contributed by atoms with Gasteiger partial charge in [0.15, 0.2) is 0 Å². The summed E-state index contributed by atoms with van der Waals surface area (Å²) >= 11 is 5.95. The van der Waals surface area contributed by atoms with Gasteiger partial charge in [0.25, 0.3) is 5.91 Å². The Kier molecular flexibility index (Phi) is 6.97. The highest BCUT2D eigenvalue weighted by Crippen LogP contribution is 2.21. The predicted molar refractivity (Wildman–Crippen MR) is 104 cm³/mol. The second-order valence-electron chi connectivity index (χ2n) is 5.98. The SMILES string of the molecule is CCN(CC)S(=O)(=O)c1ccc(F)c(C(=O)NC(C)c2cccc(Cl)c2)c1. The molecule has 1 amide bonds. The van der Waals surface area contributed by atoms with Crippen molar-refractivity contribution in [1.82, 2.24) is 9.62 Å². The summed E-state index contributed by atoms with van der Waals surface area (Å²) in [4.78, 5) is 12.4. The molecule has 0 heterocycles. The van der Waals surface area contributed by atoms with Crippen LogP contribution in [0.1, 0.15) is 42.7 Å². The van der Waals surface area contributed by atoms with Crippen molar-refractivity contribution in [3.63, 3.8) is 0 Å². The minimum atomic E-state index is -3.79. The average Bonchev–Trinajstić information content (AvgIpc) is 2.62. The molecule has 1 N–H and O–H groups in total. The zero-order valence-electron chi connectivity index (χ0n) is 15.4. The number of carbonyl (C=O) groups is 1. The van der Waals surface area contributed by atoms with Crippen molar-refractivity contribution in [3.05, 3.63) is 64.4 Å². The van der Waals surface area contributed by atoms with Gasteiger partial charge in [-0.25, -0.2) is 12.8 Å². The van der Waals surface area contributed by atoms with Crippen molar-refractivity contribution in [2.45, 2.75) is 31.7 Å². The van der Waals surface area contributed by atoms with E-state index in [-0.39, 0.29) is 23.5 Å². The first-order valence-corrected chi connectivity index (χ1v) is 10.4. The maximum atomic E-state index is 14.2. The minimum Gasteiger partial charge on any atom is -0.345 e. The van der Waals surface area contributed by atoms with Crippen LogP contribution in [0.15, 0.2) is 47.4 Å². The van der Waals surface area contributed by atoms with Gasteiger partial charge in [0.2, 0.25) is 10.0 Å². The van der Waals surface area contributed by atoms with Crippen molar-refractivity contribution < 1.29 is 17.6 Å². The molecule has 8 heteroatoms. The number of hydrogen-bond acceptors (Lipinski definition) is 3. The highest BCUT2D eigenvalue weighted by Gasteiger charge is 2.24. The van der Waals surface area contributed by atoms with E-state index < -0.39 is 27.8 Å². The van der Waals surface area contributed by atoms with E-state index in [1.807, 2.05) is 0 Å². The van der Waals surface area contributed by atoms with Crippen molar-refractivity contribution in [2.75, 3.05) is 13.1 Å². The molecule has 0 aliphatic carbocycles. The van der Waals surface area contributed by atoms with Crippen LogP contribution in [0.5, 0.6) is 0 Å². The van der Waals surface area contributed by atoms with E-state index in [0.29, 0.717) is 5.02 Å². The monoisotopic (exact) mass is 412 g/mol. The molecule has 1 atom stereocenters. The Hall–Kier alpha value is -1.96. The third-order valence-corrected chi connectivity index (χ3v) is 6.50. The van der Waals surface area contributed by atoms with Crippen LogP contribution in [-0.2, 0) is 10.0 Å². The van der Waals surface area contributed by atoms with Crippen molar-refractivity contribution in [3.8, 4) is 0 Å². The predicted octanol–water partition coefficient (Wildman–Crippen LogP) is 4.00. The fourth-order valence-electron chi connectivity index (χ4n) is 2.69. The first-order valence-electron chi connectivity index (χ1n) is 8.56. The molecule has 2 rings (SSSR count). The Morgan fingerprint density at radius 2 is 1.85 bits per heavy atom. The molecule has 2 aromatic rings. The third kappa shape index (κ3) is 4.86. The standard InChI is InChI=1S/C19H22ClFN2O3S/c1-4-23(5-2)27(25,26)16-9-10-18(21)17(12-16)19(24)22-13(3)14-7-6-8-15(20)11-14/h6-13H,4-5H2,1-3H3,(H,22,24). The number of benzene rings is 2. The molecule has 2 aromatic carbocycles. The van der Waals surface area contributed by atoms with Gasteiger partial charge in [-0.1, -0.05) is 37.6 Å². The summed E-state index contributed by atoms with van der Waals surface area (Å²) in [5, 5.41) is 3.19. The molecule has 0 fully saturated rings. The van der Waals surface area contributed by atoms with E-state index in [0.717, 1.165) is 17.7 Å². The van der Waals surface area contributed by atoms with Crippen LogP contribution in [0.25, 0.3) is 0 Å². The van der Waals surface area contributed by atoms with Gasteiger partial charge in [-0.2, -0.15) is 4.31 Å². The Morgan fingerprint density at radius 3 is 2.44 bits per heavy atom. The Balaban J connectivity index is 2.31. The quantitative estimate of drug-likeness (QED) is 0.747. The normalized spacial score (nSPS) is 12.8. The summed E-state index contributed by atoms with van der Waals surface area (Å²) < 4.78 is 40.7. The zero-order valence-corrected chi connectivity index (χ0v) is 16.9. The van der Waals surface area contributed by atoms with E-state index in [4.69, 9.17) is 11.6 Å². The molecule has 0 bridgehead atoms. The minimum absolute atomic E-state index is 0.117. The Bertz CT molecular complexity index is 930. The number of halogens is 2. The highest BCUT2D eigenvalue weighted by molar-refractivity contribution is 7.89. The molecule has 146 valence electrons. The van der Waals surface area contributed by atoms with Crippen LogP contribution in [0.2, 0.25) is 5.02 Å². The second kappa shape index (κ2) is 8.82. The molecule has 1 unspecified atom stereocenters. The lowest BCUT2D eigenvalue weighted by atomic mass is 10.1. The average molecular weight is 413 g/mol. The van der Waals surface area contributed by atoms with Crippen LogP contribution in [0.3, 0.4) is 0 Å². The van der Waals surface area contributed by atoms with Crippen LogP contribution in [-0.4, -0.2) is 31.7 Å². The first kappa shape index (κ1) is 21.3. The lowest BCUT2D eigenvalue weighted by Gasteiger charge is -2.19. The summed E-state index contributed by atoms with van der Waals surface area (Å²) in [6.07, 6.45) is 0. The number of nitrogens with one attached hydrogen (secondary N) is 1. The van der Waals surface area contributed by atoms with Crippen LogP contribution in [0, 0.1) is 5.82 Å². The Labute approximate surface area is 164 Å². The molecule has 0 aliphatic heterocycles. The lowest BCUT2D eigenvalue weighted by Crippen LogP contribution is -2.31. The van der Waals surface area contributed by atoms with Crippen molar-refractivity contribution in [2.24, 2.45) is 0 Å². The molecule has 27 heavy (non-hydrogen) atoms. The fraction of sp³-hybridized carbons (Fsp3) is 0.316. The maximum absolute atomic E-state index is 14.2. The fourth-order valence-corrected chi connectivity index (χ4v) is 4.37. The van der Waals surface area contributed by atoms with Gasteiger partial charge in [0.05, 0.1) is 16.5 Å². The first-order chi connectivity index (χ1) is 12.7. The molecule has 0 aliphatic rings. The lowest BCUT2D eigenvalue weighted by molar-refractivity contribution is 0.0935. The van der Waals surface area contributed by atoms with E-state index in [2.05, 4.69) is 5.32 Å². The van der Waals surface area contributed by atoms with E-state index in [1.165, 1.54) is 10.4 Å². The smallest absolute Gasteiger partial charge is 0.254 e. The van der Waals surface area contributed by atoms with Gasteiger partial charge in [0, 0.05) is 18.1 Å². The summed E-state index contributed by atoms with van der Waals surface area (Å²) in [6.45, 7) is 5.72. The molecule has 0 radical (unpaired) electrons. The topological polar surface area (TPSA) is 66.5 Å². The van der Waals surface area contributed by atoms with Crippen molar-refractivity contribution in [1.29, 1.82) is 0 Å². The largest absolute Gasteiger partial charge is 0.345 e. The van der Waals surface area contributed by atoms with Gasteiger partial charge < -0.3 is 5.32 Å². The Morgan fingerprint density at radius 1 is 1.19 bits per heavy atom. The maximum Gasteiger partial charge on any atom is 0.254 e. The molecular weight excluding hydrogens is 391 g/mol. The number of rotatable bonds is 7. The van der Waals surface area contributed by atoms with E-state index in [1.54, 1.807) is 45.0 Å². The molecule has 5 nitrogen and oxygen atoms in total.